The molecule has 0 bridgehead atoms. The minimum absolute atomic E-state index is 0.138. The quantitative estimate of drug-likeness (QED) is 0.809. The van der Waals surface area contributed by atoms with Crippen LogP contribution in [0.4, 0.5) is 11.8 Å². The Hall–Kier alpha value is -2.63. The van der Waals surface area contributed by atoms with E-state index in [4.69, 9.17) is 9.97 Å². The normalized spacial score (nSPS) is 14.4. The van der Waals surface area contributed by atoms with Crippen LogP contribution in [0, 0.1) is 0 Å². The van der Waals surface area contributed by atoms with Crippen molar-refractivity contribution < 1.29 is 4.79 Å². The molecular weight excluding hydrogens is 326 g/mol. The van der Waals surface area contributed by atoms with Crippen LogP contribution >= 0.6 is 0 Å². The van der Waals surface area contributed by atoms with Crippen molar-refractivity contribution in [3.05, 3.63) is 36.4 Å². The Morgan fingerprint density at radius 2 is 1.85 bits per heavy atom. The predicted molar refractivity (Wildman–Crippen MR) is 105 cm³/mol. The molecule has 6 nitrogen and oxygen atoms in total. The van der Waals surface area contributed by atoms with Crippen molar-refractivity contribution in [3.8, 4) is 11.3 Å². The highest BCUT2D eigenvalue weighted by atomic mass is 16.2. The summed E-state index contributed by atoms with van der Waals surface area (Å²) in [6.45, 7) is 7.72. The van der Waals surface area contributed by atoms with Gasteiger partial charge in [0.2, 0.25) is 11.9 Å². The molecule has 1 aliphatic rings. The number of amides is 1. The maximum Gasteiger partial charge on any atom is 0.225 e. The Morgan fingerprint density at radius 1 is 1.12 bits per heavy atom. The second kappa shape index (κ2) is 8.65. The van der Waals surface area contributed by atoms with Crippen LogP contribution in [0.15, 0.2) is 36.4 Å². The van der Waals surface area contributed by atoms with E-state index in [1.54, 1.807) is 6.92 Å². The zero-order chi connectivity index (χ0) is 18.4. The summed E-state index contributed by atoms with van der Waals surface area (Å²) in [4.78, 5) is 25.1. The third kappa shape index (κ3) is 4.50. The lowest BCUT2D eigenvalue weighted by molar-refractivity contribution is -0.129. The van der Waals surface area contributed by atoms with Crippen LogP contribution in [-0.4, -0.2) is 53.5 Å². The van der Waals surface area contributed by atoms with E-state index in [0.717, 1.165) is 62.6 Å². The van der Waals surface area contributed by atoms with Gasteiger partial charge in [0.1, 0.15) is 5.82 Å². The van der Waals surface area contributed by atoms with E-state index < -0.39 is 0 Å². The van der Waals surface area contributed by atoms with E-state index in [1.165, 1.54) is 0 Å². The van der Waals surface area contributed by atoms with Gasteiger partial charge in [-0.25, -0.2) is 4.98 Å². The third-order valence-corrected chi connectivity index (χ3v) is 4.64. The zero-order valence-corrected chi connectivity index (χ0v) is 15.6. The first-order valence-corrected chi connectivity index (χ1v) is 9.36. The lowest BCUT2D eigenvalue weighted by Crippen LogP contribution is -2.48. The maximum atomic E-state index is 11.6. The Balaban J connectivity index is 1.84. The number of rotatable bonds is 6. The average Bonchev–Trinajstić information content (AvgIpc) is 2.69. The van der Waals surface area contributed by atoms with Gasteiger partial charge in [0, 0.05) is 51.3 Å². The first kappa shape index (κ1) is 18.2. The van der Waals surface area contributed by atoms with Crippen LogP contribution in [0.1, 0.15) is 26.7 Å². The number of carbonyl (C=O) groups excluding carboxylic acids is 1. The van der Waals surface area contributed by atoms with Crippen LogP contribution < -0.4 is 10.2 Å². The number of hydrogen-bond acceptors (Lipinski definition) is 5. The van der Waals surface area contributed by atoms with Gasteiger partial charge < -0.3 is 15.1 Å². The minimum Gasteiger partial charge on any atom is -0.354 e. The van der Waals surface area contributed by atoms with Gasteiger partial charge >= 0.3 is 0 Å². The zero-order valence-electron chi connectivity index (χ0n) is 15.6. The summed E-state index contributed by atoms with van der Waals surface area (Å²) in [5.41, 5.74) is 2.00. The second-order valence-electron chi connectivity index (χ2n) is 6.57. The molecule has 2 heterocycles. The molecule has 0 atom stereocenters. The highest BCUT2D eigenvalue weighted by molar-refractivity contribution is 5.73. The van der Waals surface area contributed by atoms with Crippen molar-refractivity contribution in [2.75, 3.05) is 42.9 Å². The maximum absolute atomic E-state index is 11.6. The molecule has 26 heavy (non-hydrogen) atoms. The fraction of sp³-hybridized carbons (Fsp3) is 0.450. The molecule has 1 N–H and O–H groups in total. The molecule has 1 saturated heterocycles. The highest BCUT2D eigenvalue weighted by Crippen LogP contribution is 2.24. The molecule has 138 valence electrons. The molecule has 0 radical (unpaired) electrons. The Bertz CT molecular complexity index is 726. The molecule has 0 saturated carbocycles. The molecule has 1 fully saturated rings. The van der Waals surface area contributed by atoms with Crippen molar-refractivity contribution in [2.45, 2.75) is 26.7 Å². The minimum atomic E-state index is 0.138. The number of unbranched alkanes of at least 4 members (excludes halogenated alkanes) is 1. The highest BCUT2D eigenvalue weighted by Gasteiger charge is 2.20. The molecule has 1 aromatic carbocycles. The lowest BCUT2D eigenvalue weighted by atomic mass is 10.1. The second-order valence-corrected chi connectivity index (χ2v) is 6.57. The van der Waals surface area contributed by atoms with E-state index in [0.29, 0.717) is 5.95 Å². The number of carbonyl (C=O) groups is 1. The van der Waals surface area contributed by atoms with Crippen LogP contribution in [0.2, 0.25) is 0 Å². The summed E-state index contributed by atoms with van der Waals surface area (Å²) in [6.07, 6.45) is 2.22. The lowest BCUT2D eigenvalue weighted by Gasteiger charge is -2.35. The summed E-state index contributed by atoms with van der Waals surface area (Å²) in [5.74, 6) is 1.73. The van der Waals surface area contributed by atoms with E-state index in [9.17, 15) is 4.79 Å². The van der Waals surface area contributed by atoms with Crippen LogP contribution in [0.5, 0.6) is 0 Å². The van der Waals surface area contributed by atoms with Gasteiger partial charge in [-0.3, -0.25) is 4.79 Å². The number of aromatic nitrogens is 2. The van der Waals surface area contributed by atoms with Crippen LogP contribution in [0.25, 0.3) is 11.3 Å². The smallest absolute Gasteiger partial charge is 0.225 e. The monoisotopic (exact) mass is 353 g/mol. The van der Waals surface area contributed by atoms with Gasteiger partial charge in [0.15, 0.2) is 0 Å². The number of nitrogens with one attached hydrogen (secondary N) is 1. The first-order valence-electron chi connectivity index (χ1n) is 9.36. The van der Waals surface area contributed by atoms with Crippen LogP contribution in [0.3, 0.4) is 0 Å². The predicted octanol–water partition coefficient (Wildman–Crippen LogP) is 3.02. The van der Waals surface area contributed by atoms with Gasteiger partial charge in [-0.05, 0) is 6.42 Å². The number of anilines is 2. The molecule has 2 aromatic rings. The van der Waals surface area contributed by atoms with Crippen molar-refractivity contribution in [2.24, 2.45) is 0 Å². The number of nitrogens with zero attached hydrogens (tertiary/aromatic N) is 4. The number of piperazine rings is 1. The van der Waals surface area contributed by atoms with Crippen molar-refractivity contribution in [1.29, 1.82) is 0 Å². The Labute approximate surface area is 155 Å². The average molecular weight is 353 g/mol. The molecule has 1 aliphatic heterocycles. The molecular formula is C20H27N5O. The summed E-state index contributed by atoms with van der Waals surface area (Å²) in [5, 5.41) is 3.35. The summed E-state index contributed by atoms with van der Waals surface area (Å²) < 4.78 is 0. The van der Waals surface area contributed by atoms with E-state index in [1.807, 2.05) is 29.2 Å². The van der Waals surface area contributed by atoms with Crippen molar-refractivity contribution in [1.82, 2.24) is 14.9 Å². The molecule has 0 spiro atoms. The third-order valence-electron chi connectivity index (χ3n) is 4.64. The SMILES string of the molecule is CCCCNc1nc(-c2ccccc2)cc(N2CCN(C(C)=O)CC2)n1. The molecule has 1 amide bonds. The van der Waals surface area contributed by atoms with Gasteiger partial charge in [0.25, 0.3) is 0 Å². The molecule has 3 rings (SSSR count). The van der Waals surface area contributed by atoms with E-state index in [2.05, 4.69) is 29.3 Å². The van der Waals surface area contributed by atoms with Gasteiger partial charge in [-0.1, -0.05) is 43.7 Å². The Kier molecular flexibility index (Phi) is 6.04. The van der Waals surface area contributed by atoms with Crippen LogP contribution in [-0.2, 0) is 4.79 Å². The molecule has 6 heteroatoms. The van der Waals surface area contributed by atoms with Gasteiger partial charge in [0.05, 0.1) is 5.69 Å². The molecule has 0 unspecified atom stereocenters. The van der Waals surface area contributed by atoms with E-state index in [-0.39, 0.29) is 5.91 Å². The van der Waals surface area contributed by atoms with E-state index >= 15 is 0 Å². The summed E-state index contributed by atoms with van der Waals surface area (Å²) >= 11 is 0. The topological polar surface area (TPSA) is 61.4 Å². The van der Waals surface area contributed by atoms with Gasteiger partial charge in [-0.2, -0.15) is 4.98 Å². The number of hydrogen-bond donors (Lipinski definition) is 1. The van der Waals surface area contributed by atoms with Crippen molar-refractivity contribution in [3.63, 3.8) is 0 Å². The molecule has 1 aromatic heterocycles. The standard InChI is InChI=1S/C20H27N5O/c1-3-4-10-21-20-22-18(17-8-6-5-7-9-17)15-19(23-20)25-13-11-24(12-14-25)16(2)26/h5-9,15H,3-4,10-14H2,1-2H3,(H,21,22,23). The largest absolute Gasteiger partial charge is 0.354 e. The summed E-state index contributed by atoms with van der Waals surface area (Å²) in [6, 6.07) is 12.2. The number of benzene rings is 1. The van der Waals surface area contributed by atoms with Gasteiger partial charge in [-0.15, -0.1) is 0 Å². The Morgan fingerprint density at radius 3 is 2.50 bits per heavy atom. The fourth-order valence-electron chi connectivity index (χ4n) is 3.06. The fourth-order valence-corrected chi connectivity index (χ4v) is 3.06. The van der Waals surface area contributed by atoms with Crippen molar-refractivity contribution >= 4 is 17.7 Å². The molecule has 0 aliphatic carbocycles. The summed E-state index contributed by atoms with van der Waals surface area (Å²) in [7, 11) is 0. The first-order chi connectivity index (χ1) is 12.7.